The second kappa shape index (κ2) is 4.04. The van der Waals surface area contributed by atoms with Gasteiger partial charge < -0.3 is 5.73 Å². The van der Waals surface area contributed by atoms with Crippen LogP contribution in [0.1, 0.15) is 0 Å². The molecule has 78 valence electrons. The van der Waals surface area contributed by atoms with Crippen LogP contribution in [0.25, 0.3) is 11.3 Å². The molecular formula is C9H6BrCl2N3. The first-order valence-corrected chi connectivity index (χ1v) is 5.59. The number of nitrogens with one attached hydrogen (secondary N) is 1. The second-order valence-electron chi connectivity index (χ2n) is 2.93. The molecule has 1 heterocycles. The van der Waals surface area contributed by atoms with E-state index in [2.05, 4.69) is 26.1 Å². The Bertz CT molecular complexity index is 510. The van der Waals surface area contributed by atoms with Crippen molar-refractivity contribution >= 4 is 44.9 Å². The molecule has 2 rings (SSSR count). The smallest absolute Gasteiger partial charge is 0.160 e. The molecule has 0 aliphatic carbocycles. The average Bonchev–Trinajstić information content (AvgIpc) is 2.53. The van der Waals surface area contributed by atoms with Crippen LogP contribution < -0.4 is 5.73 Å². The number of H-pyrrole nitrogens is 1. The van der Waals surface area contributed by atoms with E-state index in [4.69, 9.17) is 28.9 Å². The van der Waals surface area contributed by atoms with Crippen LogP contribution in [-0.2, 0) is 0 Å². The summed E-state index contributed by atoms with van der Waals surface area (Å²) in [5, 5.41) is 7.70. The number of rotatable bonds is 1. The topological polar surface area (TPSA) is 54.7 Å². The molecule has 0 saturated carbocycles. The number of hydrogen-bond acceptors (Lipinski definition) is 2. The molecule has 0 saturated heterocycles. The number of nitrogen functional groups attached to an aromatic ring is 1. The zero-order valence-corrected chi connectivity index (χ0v) is 10.5. The molecule has 3 nitrogen and oxygen atoms in total. The number of hydrogen-bond donors (Lipinski definition) is 2. The van der Waals surface area contributed by atoms with Crippen LogP contribution in [0.4, 0.5) is 5.82 Å². The molecule has 2 aromatic rings. The molecule has 0 amide bonds. The maximum absolute atomic E-state index is 5.91. The summed E-state index contributed by atoms with van der Waals surface area (Å²) in [4.78, 5) is 0. The Balaban J connectivity index is 2.55. The Hall–Kier alpha value is -0.710. The van der Waals surface area contributed by atoms with Gasteiger partial charge >= 0.3 is 0 Å². The van der Waals surface area contributed by atoms with Gasteiger partial charge in [-0.25, -0.2) is 0 Å². The maximum atomic E-state index is 5.91. The molecule has 0 fully saturated rings. The first-order chi connectivity index (χ1) is 7.09. The highest BCUT2D eigenvalue weighted by Gasteiger charge is 2.10. The second-order valence-corrected chi connectivity index (χ2v) is 4.53. The SMILES string of the molecule is Nc1n[nH]c(-c2ccc(Cl)c(Cl)c2)c1Br. The van der Waals surface area contributed by atoms with E-state index in [0.717, 1.165) is 15.7 Å². The van der Waals surface area contributed by atoms with Gasteiger partial charge in [-0.1, -0.05) is 29.3 Å². The van der Waals surface area contributed by atoms with Gasteiger partial charge in [0.05, 0.1) is 20.2 Å². The molecule has 6 heteroatoms. The van der Waals surface area contributed by atoms with Crippen molar-refractivity contribution in [2.75, 3.05) is 5.73 Å². The highest BCUT2D eigenvalue weighted by Crippen LogP contribution is 2.33. The van der Waals surface area contributed by atoms with E-state index in [1.165, 1.54) is 0 Å². The third kappa shape index (κ3) is 1.97. The van der Waals surface area contributed by atoms with Crippen molar-refractivity contribution in [2.45, 2.75) is 0 Å². The van der Waals surface area contributed by atoms with E-state index in [0.29, 0.717) is 15.9 Å². The third-order valence-electron chi connectivity index (χ3n) is 1.94. The molecule has 0 bridgehead atoms. The first kappa shape index (κ1) is 10.8. The summed E-state index contributed by atoms with van der Waals surface area (Å²) in [6.45, 7) is 0. The molecule has 0 unspecified atom stereocenters. The van der Waals surface area contributed by atoms with Crippen LogP contribution >= 0.6 is 39.1 Å². The van der Waals surface area contributed by atoms with Crippen molar-refractivity contribution in [3.8, 4) is 11.3 Å². The van der Waals surface area contributed by atoms with Crippen molar-refractivity contribution in [3.63, 3.8) is 0 Å². The summed E-state index contributed by atoms with van der Waals surface area (Å²) in [5.41, 5.74) is 7.26. The van der Waals surface area contributed by atoms with Crippen LogP contribution in [0, 0.1) is 0 Å². The minimum Gasteiger partial charge on any atom is -0.381 e. The lowest BCUT2D eigenvalue weighted by atomic mass is 10.1. The summed E-state index contributed by atoms with van der Waals surface area (Å²) >= 11 is 15.1. The van der Waals surface area contributed by atoms with E-state index in [9.17, 15) is 0 Å². The fourth-order valence-corrected chi connectivity index (χ4v) is 1.89. The Morgan fingerprint density at radius 2 is 2.00 bits per heavy atom. The van der Waals surface area contributed by atoms with E-state index in [-0.39, 0.29) is 0 Å². The van der Waals surface area contributed by atoms with Crippen LogP contribution in [0.5, 0.6) is 0 Å². The number of aromatic nitrogens is 2. The molecule has 0 radical (unpaired) electrons. The van der Waals surface area contributed by atoms with Gasteiger partial charge in [0.15, 0.2) is 5.82 Å². The van der Waals surface area contributed by atoms with Gasteiger partial charge in [0.2, 0.25) is 0 Å². The van der Waals surface area contributed by atoms with E-state index in [1.807, 2.05) is 6.07 Å². The highest BCUT2D eigenvalue weighted by atomic mass is 79.9. The third-order valence-corrected chi connectivity index (χ3v) is 3.48. The van der Waals surface area contributed by atoms with Crippen molar-refractivity contribution in [1.82, 2.24) is 10.2 Å². The summed E-state index contributed by atoms with van der Waals surface area (Å²) in [6.07, 6.45) is 0. The van der Waals surface area contributed by atoms with E-state index < -0.39 is 0 Å². The van der Waals surface area contributed by atoms with Crippen LogP contribution in [0.2, 0.25) is 10.0 Å². The van der Waals surface area contributed by atoms with Gasteiger partial charge in [-0.2, -0.15) is 5.10 Å². The van der Waals surface area contributed by atoms with Crippen molar-refractivity contribution in [1.29, 1.82) is 0 Å². The number of aromatic amines is 1. The normalized spacial score (nSPS) is 10.6. The lowest BCUT2D eigenvalue weighted by Crippen LogP contribution is -1.83. The van der Waals surface area contributed by atoms with Gasteiger partial charge in [-0.3, -0.25) is 5.10 Å². The monoisotopic (exact) mass is 305 g/mol. The molecule has 0 atom stereocenters. The quantitative estimate of drug-likeness (QED) is 0.843. The number of benzene rings is 1. The number of nitrogens with two attached hydrogens (primary N) is 1. The predicted molar refractivity (Wildman–Crippen MR) is 66.2 cm³/mol. The van der Waals surface area contributed by atoms with Gasteiger partial charge in [0, 0.05) is 5.56 Å². The Morgan fingerprint density at radius 3 is 2.53 bits per heavy atom. The van der Waals surface area contributed by atoms with Crippen LogP contribution in [-0.4, -0.2) is 10.2 Å². The van der Waals surface area contributed by atoms with Gasteiger partial charge in [0.1, 0.15) is 0 Å². The summed E-state index contributed by atoms with van der Waals surface area (Å²) in [6, 6.07) is 5.32. The summed E-state index contributed by atoms with van der Waals surface area (Å²) < 4.78 is 0.723. The highest BCUT2D eigenvalue weighted by molar-refractivity contribution is 9.10. The van der Waals surface area contributed by atoms with Crippen molar-refractivity contribution in [2.24, 2.45) is 0 Å². The van der Waals surface area contributed by atoms with Gasteiger partial charge in [-0.15, -0.1) is 0 Å². The standard InChI is InChI=1S/C9H6BrCl2N3/c10-7-8(14-15-9(7)13)4-1-2-5(11)6(12)3-4/h1-3H,(H3,13,14,15). The Kier molecular flexibility index (Phi) is 2.91. The number of halogens is 3. The maximum Gasteiger partial charge on any atom is 0.160 e. The van der Waals surface area contributed by atoms with Crippen molar-refractivity contribution in [3.05, 3.63) is 32.7 Å². The van der Waals surface area contributed by atoms with Crippen LogP contribution in [0.3, 0.4) is 0 Å². The predicted octanol–water partition coefficient (Wildman–Crippen LogP) is 3.73. The van der Waals surface area contributed by atoms with Gasteiger partial charge in [-0.05, 0) is 28.1 Å². The fraction of sp³-hybridized carbons (Fsp3) is 0. The molecular weight excluding hydrogens is 301 g/mol. The van der Waals surface area contributed by atoms with Crippen LogP contribution in [0.15, 0.2) is 22.7 Å². The Labute approximate surface area is 105 Å². The van der Waals surface area contributed by atoms with E-state index in [1.54, 1.807) is 12.1 Å². The molecule has 15 heavy (non-hydrogen) atoms. The van der Waals surface area contributed by atoms with E-state index >= 15 is 0 Å². The zero-order chi connectivity index (χ0) is 11.0. The molecule has 3 N–H and O–H groups in total. The minimum absolute atomic E-state index is 0.413. The lowest BCUT2D eigenvalue weighted by Gasteiger charge is -2.01. The minimum atomic E-state index is 0.413. The molecule has 1 aromatic carbocycles. The summed E-state index contributed by atoms with van der Waals surface area (Å²) in [5.74, 6) is 0.413. The molecule has 0 aliphatic heterocycles. The lowest BCUT2D eigenvalue weighted by molar-refractivity contribution is 1.10. The zero-order valence-electron chi connectivity index (χ0n) is 7.39. The largest absolute Gasteiger partial charge is 0.381 e. The van der Waals surface area contributed by atoms with Crippen molar-refractivity contribution < 1.29 is 0 Å². The summed E-state index contributed by atoms with van der Waals surface area (Å²) in [7, 11) is 0. The van der Waals surface area contributed by atoms with Gasteiger partial charge in [0.25, 0.3) is 0 Å². The molecule has 0 spiro atoms. The fourth-order valence-electron chi connectivity index (χ4n) is 1.19. The molecule has 1 aromatic heterocycles. The molecule has 0 aliphatic rings. The Morgan fingerprint density at radius 1 is 1.27 bits per heavy atom. The number of nitrogens with zero attached hydrogens (tertiary/aromatic N) is 1. The average molecular weight is 307 g/mol. The number of anilines is 1. The first-order valence-electron chi connectivity index (χ1n) is 4.04.